The van der Waals surface area contributed by atoms with Crippen molar-refractivity contribution in [2.75, 3.05) is 0 Å². The first-order valence-corrected chi connectivity index (χ1v) is 5.67. The van der Waals surface area contributed by atoms with Gasteiger partial charge in [0.2, 0.25) is 0 Å². The Morgan fingerprint density at radius 2 is 1.74 bits per heavy atom. The van der Waals surface area contributed by atoms with Crippen LogP contribution in [-0.4, -0.2) is 9.97 Å². The number of rotatable bonds is 4. The summed E-state index contributed by atoms with van der Waals surface area (Å²) in [6.07, 6.45) is 0.528. The van der Waals surface area contributed by atoms with E-state index in [1.807, 2.05) is 0 Å². The zero-order chi connectivity index (χ0) is 13.7. The second-order valence-corrected chi connectivity index (χ2v) is 3.99. The van der Waals surface area contributed by atoms with E-state index in [0.29, 0.717) is 13.1 Å². The van der Waals surface area contributed by atoms with Crippen LogP contribution in [-0.2, 0) is 19.3 Å². The van der Waals surface area contributed by atoms with E-state index in [4.69, 9.17) is 0 Å². The summed E-state index contributed by atoms with van der Waals surface area (Å²) in [5, 5.41) is 3.09. The largest absolute Gasteiger partial charge is 0.416 e. The molecule has 0 spiro atoms. The lowest BCUT2D eigenvalue weighted by Crippen LogP contribution is -2.14. The van der Waals surface area contributed by atoms with E-state index in [9.17, 15) is 13.2 Å². The molecule has 0 aliphatic carbocycles. The Hall–Kier alpha value is -1.95. The fourth-order valence-corrected chi connectivity index (χ4v) is 1.57. The fraction of sp³-hybridized carbons (Fsp3) is 0.231. The third kappa shape index (κ3) is 4.03. The monoisotopic (exact) mass is 267 g/mol. The van der Waals surface area contributed by atoms with Crippen LogP contribution < -0.4 is 5.32 Å². The molecule has 0 saturated heterocycles. The number of aromatic nitrogens is 2. The minimum absolute atomic E-state index is 0.481. The summed E-state index contributed by atoms with van der Waals surface area (Å²) >= 11 is 0. The summed E-state index contributed by atoms with van der Waals surface area (Å²) in [4.78, 5) is 8.00. The zero-order valence-corrected chi connectivity index (χ0v) is 9.98. The molecule has 0 bridgehead atoms. The number of alkyl halides is 3. The number of hydrogen-bond acceptors (Lipinski definition) is 3. The minimum atomic E-state index is -4.29. The maximum absolute atomic E-state index is 12.4. The van der Waals surface area contributed by atoms with Crippen molar-refractivity contribution in [1.29, 1.82) is 0 Å². The smallest absolute Gasteiger partial charge is 0.307 e. The van der Waals surface area contributed by atoms with E-state index < -0.39 is 11.7 Å². The van der Waals surface area contributed by atoms with Gasteiger partial charge in [0.25, 0.3) is 0 Å². The van der Waals surface area contributed by atoms with Gasteiger partial charge in [-0.3, -0.25) is 9.97 Å². The van der Waals surface area contributed by atoms with Crippen molar-refractivity contribution in [2.24, 2.45) is 0 Å². The number of nitrogens with zero attached hydrogens (tertiary/aromatic N) is 2. The fourth-order valence-electron chi connectivity index (χ4n) is 1.57. The van der Waals surface area contributed by atoms with Crippen molar-refractivity contribution in [2.45, 2.75) is 19.3 Å². The lowest BCUT2D eigenvalue weighted by molar-refractivity contribution is -0.137. The molecule has 1 aromatic heterocycles. The molecule has 0 aliphatic heterocycles. The summed E-state index contributed by atoms with van der Waals surface area (Å²) < 4.78 is 37.1. The maximum Gasteiger partial charge on any atom is 0.416 e. The van der Waals surface area contributed by atoms with Gasteiger partial charge in [-0.25, -0.2) is 0 Å². The average molecular weight is 267 g/mol. The van der Waals surface area contributed by atoms with Crippen LogP contribution in [0.5, 0.6) is 0 Å². The average Bonchev–Trinajstić information content (AvgIpc) is 2.39. The lowest BCUT2D eigenvalue weighted by atomic mass is 10.1. The number of benzene rings is 1. The highest BCUT2D eigenvalue weighted by Gasteiger charge is 2.29. The Bertz CT molecular complexity index is 509. The molecule has 0 atom stereocenters. The second kappa shape index (κ2) is 5.79. The van der Waals surface area contributed by atoms with Crippen molar-refractivity contribution < 1.29 is 13.2 Å². The highest BCUT2D eigenvalue weighted by atomic mass is 19.4. The molecule has 0 amide bonds. The molecule has 1 aromatic carbocycles. The standard InChI is InChI=1S/C13H12F3N3/c14-13(15,16)11-3-1-10(2-4-11)7-18-9-12-8-17-5-6-19-12/h1-6,8,18H,7,9H2. The van der Waals surface area contributed by atoms with E-state index in [0.717, 1.165) is 23.4 Å². The molecule has 100 valence electrons. The Morgan fingerprint density at radius 3 is 2.32 bits per heavy atom. The van der Waals surface area contributed by atoms with Gasteiger partial charge >= 0.3 is 6.18 Å². The van der Waals surface area contributed by atoms with Gasteiger partial charge < -0.3 is 5.32 Å². The van der Waals surface area contributed by atoms with Crippen LogP contribution in [0.1, 0.15) is 16.8 Å². The van der Waals surface area contributed by atoms with Crippen LogP contribution in [0.4, 0.5) is 13.2 Å². The predicted octanol–water partition coefficient (Wildman–Crippen LogP) is 2.79. The molecular weight excluding hydrogens is 255 g/mol. The van der Waals surface area contributed by atoms with Crippen molar-refractivity contribution >= 4 is 0 Å². The summed E-state index contributed by atoms with van der Waals surface area (Å²) in [7, 11) is 0. The summed E-state index contributed by atoms with van der Waals surface area (Å²) in [5.74, 6) is 0. The van der Waals surface area contributed by atoms with Crippen molar-refractivity contribution in [3.63, 3.8) is 0 Å². The molecule has 0 radical (unpaired) electrons. The maximum atomic E-state index is 12.4. The molecule has 2 aromatic rings. The van der Waals surface area contributed by atoms with Gasteiger partial charge in [-0.1, -0.05) is 12.1 Å². The van der Waals surface area contributed by atoms with Crippen molar-refractivity contribution in [3.05, 3.63) is 59.7 Å². The third-order valence-corrected chi connectivity index (χ3v) is 2.53. The molecule has 2 rings (SSSR count). The molecule has 3 nitrogen and oxygen atoms in total. The van der Waals surface area contributed by atoms with E-state index in [1.165, 1.54) is 12.1 Å². The molecule has 1 N–H and O–H groups in total. The van der Waals surface area contributed by atoms with E-state index >= 15 is 0 Å². The highest BCUT2D eigenvalue weighted by molar-refractivity contribution is 5.24. The SMILES string of the molecule is FC(F)(F)c1ccc(CNCc2cnccn2)cc1. The Morgan fingerprint density at radius 1 is 1.00 bits per heavy atom. The zero-order valence-electron chi connectivity index (χ0n) is 9.98. The van der Waals surface area contributed by atoms with Crippen LogP contribution in [0.2, 0.25) is 0 Å². The number of hydrogen-bond donors (Lipinski definition) is 1. The third-order valence-electron chi connectivity index (χ3n) is 2.53. The van der Waals surface area contributed by atoms with Gasteiger partial charge in [0.15, 0.2) is 0 Å². The van der Waals surface area contributed by atoms with Crippen molar-refractivity contribution in [3.8, 4) is 0 Å². The first-order valence-electron chi connectivity index (χ1n) is 5.67. The molecule has 6 heteroatoms. The van der Waals surface area contributed by atoms with Crippen LogP contribution >= 0.6 is 0 Å². The lowest BCUT2D eigenvalue weighted by Gasteiger charge is -2.08. The Labute approximate surface area is 108 Å². The predicted molar refractivity (Wildman–Crippen MR) is 64.0 cm³/mol. The molecule has 0 unspecified atom stereocenters. The summed E-state index contributed by atoms with van der Waals surface area (Å²) in [6, 6.07) is 5.09. The minimum Gasteiger partial charge on any atom is -0.307 e. The Kier molecular flexibility index (Phi) is 4.11. The Balaban J connectivity index is 1.87. The number of nitrogens with one attached hydrogen (secondary N) is 1. The van der Waals surface area contributed by atoms with Gasteiger partial charge in [-0.15, -0.1) is 0 Å². The second-order valence-electron chi connectivity index (χ2n) is 3.99. The summed E-state index contributed by atoms with van der Waals surface area (Å²) in [5.41, 5.74) is 0.941. The van der Waals surface area contributed by atoms with Crippen LogP contribution in [0, 0.1) is 0 Å². The first kappa shape index (κ1) is 13.5. The molecule has 1 heterocycles. The van der Waals surface area contributed by atoms with Gasteiger partial charge in [0.05, 0.1) is 11.3 Å². The van der Waals surface area contributed by atoms with E-state index in [1.54, 1.807) is 18.6 Å². The van der Waals surface area contributed by atoms with E-state index in [2.05, 4.69) is 15.3 Å². The highest BCUT2D eigenvalue weighted by Crippen LogP contribution is 2.28. The number of halogens is 3. The van der Waals surface area contributed by atoms with Gasteiger partial charge in [0.1, 0.15) is 0 Å². The van der Waals surface area contributed by atoms with E-state index in [-0.39, 0.29) is 0 Å². The summed E-state index contributed by atoms with van der Waals surface area (Å²) in [6.45, 7) is 1.00. The molecule has 0 saturated carbocycles. The van der Waals surface area contributed by atoms with Crippen LogP contribution in [0.15, 0.2) is 42.9 Å². The normalized spacial score (nSPS) is 11.5. The quantitative estimate of drug-likeness (QED) is 0.925. The van der Waals surface area contributed by atoms with Gasteiger partial charge in [-0.05, 0) is 17.7 Å². The molecule has 0 fully saturated rings. The van der Waals surface area contributed by atoms with Crippen molar-refractivity contribution in [1.82, 2.24) is 15.3 Å². The molecular formula is C13H12F3N3. The van der Waals surface area contributed by atoms with Gasteiger partial charge in [0, 0.05) is 31.7 Å². The molecule has 19 heavy (non-hydrogen) atoms. The topological polar surface area (TPSA) is 37.8 Å². The van der Waals surface area contributed by atoms with Crippen LogP contribution in [0.3, 0.4) is 0 Å². The molecule has 0 aliphatic rings. The van der Waals surface area contributed by atoms with Crippen LogP contribution in [0.25, 0.3) is 0 Å². The van der Waals surface area contributed by atoms with Gasteiger partial charge in [-0.2, -0.15) is 13.2 Å². The first-order chi connectivity index (χ1) is 9.05.